The summed E-state index contributed by atoms with van der Waals surface area (Å²) in [5.41, 5.74) is 3.22. The number of amides is 1. The number of carbonyl (C=O) groups excluding carboxylic acids is 1. The van der Waals surface area contributed by atoms with Crippen LogP contribution in [-0.2, 0) is 10.0 Å². The molecule has 0 spiro atoms. The van der Waals surface area contributed by atoms with Crippen LogP contribution in [0.4, 0.5) is 5.69 Å². The summed E-state index contributed by atoms with van der Waals surface area (Å²) < 4.78 is 27.6. The third-order valence-electron chi connectivity index (χ3n) is 3.86. The number of hydrogen-bond acceptors (Lipinski definition) is 4. The number of anilines is 1. The number of rotatable bonds is 6. The van der Waals surface area contributed by atoms with E-state index in [2.05, 4.69) is 15.2 Å². The number of hydrogen-bond donors (Lipinski definition) is 2. The second-order valence-electron chi connectivity index (χ2n) is 5.97. The molecule has 0 unspecified atom stereocenters. The third kappa shape index (κ3) is 5.52. The van der Waals surface area contributed by atoms with Crippen LogP contribution in [0.5, 0.6) is 0 Å². The minimum Gasteiger partial charge on any atom is -0.280 e. The van der Waals surface area contributed by atoms with Gasteiger partial charge in [0.2, 0.25) is 0 Å². The van der Waals surface area contributed by atoms with Crippen molar-refractivity contribution in [2.45, 2.75) is 4.90 Å². The molecule has 3 aromatic carbocycles. The molecule has 0 aliphatic rings. The van der Waals surface area contributed by atoms with Crippen molar-refractivity contribution in [1.82, 2.24) is 5.43 Å². The quantitative estimate of drug-likeness (QED) is 0.373. The van der Waals surface area contributed by atoms with Crippen LogP contribution in [-0.4, -0.2) is 20.5 Å². The van der Waals surface area contributed by atoms with E-state index < -0.39 is 15.9 Å². The largest absolute Gasteiger partial charge is 0.280 e. The van der Waals surface area contributed by atoms with Crippen LogP contribution in [0.2, 0.25) is 15.1 Å². The number of halogens is 3. The van der Waals surface area contributed by atoms with Crippen LogP contribution in [0, 0.1) is 0 Å². The van der Waals surface area contributed by atoms with E-state index in [0.717, 1.165) is 0 Å². The van der Waals surface area contributed by atoms with Gasteiger partial charge in [0, 0.05) is 21.8 Å². The van der Waals surface area contributed by atoms with Crippen molar-refractivity contribution in [2.24, 2.45) is 5.10 Å². The Morgan fingerprint density at radius 2 is 1.53 bits per heavy atom. The van der Waals surface area contributed by atoms with E-state index in [0.29, 0.717) is 26.3 Å². The Balaban J connectivity index is 1.75. The van der Waals surface area contributed by atoms with Gasteiger partial charge in [-0.25, -0.2) is 13.8 Å². The van der Waals surface area contributed by atoms with Crippen molar-refractivity contribution in [2.75, 3.05) is 4.72 Å². The summed E-state index contributed by atoms with van der Waals surface area (Å²) in [6, 6.07) is 16.7. The Morgan fingerprint density at radius 1 is 0.900 bits per heavy atom. The molecule has 30 heavy (non-hydrogen) atoms. The van der Waals surface area contributed by atoms with Crippen LogP contribution in [0.15, 0.2) is 76.7 Å². The van der Waals surface area contributed by atoms with Gasteiger partial charge in [-0.2, -0.15) is 5.10 Å². The van der Waals surface area contributed by atoms with Crippen molar-refractivity contribution < 1.29 is 13.2 Å². The minimum absolute atomic E-state index is 0.0803. The molecule has 0 saturated heterocycles. The summed E-state index contributed by atoms with van der Waals surface area (Å²) in [4.78, 5) is 12.3. The van der Waals surface area contributed by atoms with E-state index in [-0.39, 0.29) is 10.5 Å². The van der Waals surface area contributed by atoms with E-state index in [1.165, 1.54) is 42.6 Å². The molecular formula is C20H14Cl3N3O3S. The summed E-state index contributed by atoms with van der Waals surface area (Å²) in [6.45, 7) is 0. The molecule has 3 aromatic rings. The normalized spacial score (nSPS) is 11.4. The fourth-order valence-electron chi connectivity index (χ4n) is 2.39. The molecule has 3 rings (SSSR count). The Morgan fingerprint density at radius 3 is 2.20 bits per heavy atom. The summed E-state index contributed by atoms with van der Waals surface area (Å²) >= 11 is 17.9. The van der Waals surface area contributed by atoms with E-state index >= 15 is 0 Å². The smallest absolute Gasteiger partial charge is 0.271 e. The zero-order chi connectivity index (χ0) is 21.7. The monoisotopic (exact) mass is 481 g/mol. The average Bonchev–Trinajstić information content (AvgIpc) is 2.72. The second kappa shape index (κ2) is 9.49. The Labute approximate surface area is 188 Å². The number of benzene rings is 3. The Hall–Kier alpha value is -2.58. The maximum atomic E-state index is 12.6. The molecule has 0 aliphatic carbocycles. The summed E-state index contributed by atoms with van der Waals surface area (Å²) in [6.07, 6.45) is 1.31. The van der Waals surface area contributed by atoms with Gasteiger partial charge in [0.1, 0.15) is 0 Å². The van der Waals surface area contributed by atoms with Gasteiger partial charge in [-0.05, 0) is 54.6 Å². The third-order valence-corrected chi connectivity index (χ3v) is 6.15. The van der Waals surface area contributed by atoms with E-state index in [1.807, 2.05) is 0 Å². The highest BCUT2D eigenvalue weighted by atomic mass is 35.5. The van der Waals surface area contributed by atoms with Crippen LogP contribution < -0.4 is 10.1 Å². The SMILES string of the molecule is O=C(N/N=C/c1c(Cl)cccc1Cl)c1cccc(S(=O)(=O)Nc2ccc(Cl)cc2)c1. The van der Waals surface area contributed by atoms with Gasteiger partial charge in [0.15, 0.2) is 0 Å². The Bertz CT molecular complexity index is 1190. The minimum atomic E-state index is -3.90. The molecule has 0 aliphatic heterocycles. The predicted molar refractivity (Wildman–Crippen MR) is 120 cm³/mol. The zero-order valence-electron chi connectivity index (χ0n) is 15.1. The highest BCUT2D eigenvalue weighted by Crippen LogP contribution is 2.22. The molecule has 0 aromatic heterocycles. The molecule has 10 heteroatoms. The number of carbonyl (C=O) groups is 1. The maximum absolute atomic E-state index is 12.6. The second-order valence-corrected chi connectivity index (χ2v) is 8.91. The van der Waals surface area contributed by atoms with Crippen molar-refractivity contribution in [3.63, 3.8) is 0 Å². The van der Waals surface area contributed by atoms with E-state index in [4.69, 9.17) is 34.8 Å². The zero-order valence-corrected chi connectivity index (χ0v) is 18.2. The molecule has 0 fully saturated rings. The predicted octanol–water partition coefficient (Wildman–Crippen LogP) is 5.21. The summed E-state index contributed by atoms with van der Waals surface area (Å²) in [5.74, 6) is -0.599. The van der Waals surface area contributed by atoms with Crippen LogP contribution in [0.3, 0.4) is 0 Å². The standard InChI is InChI=1S/C20H14Cl3N3O3S/c21-14-7-9-15(10-8-14)26-30(28,29)16-4-1-3-13(11-16)20(27)25-24-12-17-18(22)5-2-6-19(17)23/h1-12,26H,(H,25,27)/b24-12+. The molecule has 1 amide bonds. The fraction of sp³-hybridized carbons (Fsp3) is 0. The van der Waals surface area contributed by atoms with E-state index in [1.54, 1.807) is 30.3 Å². The number of hydrazone groups is 1. The van der Waals surface area contributed by atoms with Gasteiger partial charge < -0.3 is 0 Å². The molecule has 154 valence electrons. The first kappa shape index (κ1) is 22.1. The van der Waals surface area contributed by atoms with Gasteiger partial charge in [0.05, 0.1) is 21.2 Å². The molecular weight excluding hydrogens is 469 g/mol. The van der Waals surface area contributed by atoms with Crippen molar-refractivity contribution in [1.29, 1.82) is 0 Å². The Kier molecular flexibility index (Phi) is 6.99. The fourth-order valence-corrected chi connectivity index (χ4v) is 4.12. The molecule has 6 nitrogen and oxygen atoms in total. The summed E-state index contributed by atoms with van der Waals surface area (Å²) in [7, 11) is -3.90. The van der Waals surface area contributed by atoms with Crippen molar-refractivity contribution >= 4 is 62.6 Å². The van der Waals surface area contributed by atoms with Crippen LogP contribution >= 0.6 is 34.8 Å². The highest BCUT2D eigenvalue weighted by Gasteiger charge is 2.16. The van der Waals surface area contributed by atoms with Gasteiger partial charge in [-0.3, -0.25) is 9.52 Å². The molecule has 0 radical (unpaired) electrons. The van der Waals surface area contributed by atoms with Gasteiger partial charge in [0.25, 0.3) is 15.9 Å². The van der Waals surface area contributed by atoms with Gasteiger partial charge in [-0.15, -0.1) is 0 Å². The molecule has 0 saturated carbocycles. The average molecular weight is 483 g/mol. The lowest BCUT2D eigenvalue weighted by atomic mass is 10.2. The number of nitrogens with zero attached hydrogens (tertiary/aromatic N) is 1. The molecule has 0 bridgehead atoms. The van der Waals surface area contributed by atoms with Gasteiger partial charge in [-0.1, -0.05) is 46.9 Å². The van der Waals surface area contributed by atoms with Gasteiger partial charge >= 0.3 is 0 Å². The maximum Gasteiger partial charge on any atom is 0.271 e. The number of nitrogens with one attached hydrogen (secondary N) is 2. The lowest BCUT2D eigenvalue weighted by Crippen LogP contribution is -2.19. The van der Waals surface area contributed by atoms with Crippen LogP contribution in [0.25, 0.3) is 0 Å². The van der Waals surface area contributed by atoms with E-state index in [9.17, 15) is 13.2 Å². The number of sulfonamides is 1. The first-order chi connectivity index (χ1) is 14.3. The molecule has 0 atom stereocenters. The first-order valence-electron chi connectivity index (χ1n) is 8.42. The topological polar surface area (TPSA) is 87.6 Å². The lowest BCUT2D eigenvalue weighted by Gasteiger charge is -2.09. The van der Waals surface area contributed by atoms with Crippen molar-refractivity contribution in [3.8, 4) is 0 Å². The summed E-state index contributed by atoms with van der Waals surface area (Å²) in [5, 5.41) is 5.07. The first-order valence-corrected chi connectivity index (χ1v) is 11.0. The van der Waals surface area contributed by atoms with Crippen LogP contribution in [0.1, 0.15) is 15.9 Å². The molecule has 2 N–H and O–H groups in total. The highest BCUT2D eigenvalue weighted by molar-refractivity contribution is 7.92. The van der Waals surface area contributed by atoms with Crippen molar-refractivity contribution in [3.05, 3.63) is 92.9 Å². The lowest BCUT2D eigenvalue weighted by molar-refractivity contribution is 0.0955. The molecule has 0 heterocycles.